The Bertz CT molecular complexity index is 1040. The molecule has 1 amide bonds. The van der Waals surface area contributed by atoms with Crippen molar-refractivity contribution in [1.29, 1.82) is 0 Å². The van der Waals surface area contributed by atoms with Gasteiger partial charge in [-0.15, -0.1) is 0 Å². The summed E-state index contributed by atoms with van der Waals surface area (Å²) in [5.41, 5.74) is -0.450. The lowest BCUT2D eigenvalue weighted by molar-refractivity contribution is -0.118. The highest BCUT2D eigenvalue weighted by Crippen LogP contribution is 2.36. The van der Waals surface area contributed by atoms with E-state index in [-0.39, 0.29) is 29.0 Å². The highest BCUT2D eigenvalue weighted by Gasteiger charge is 2.33. The van der Waals surface area contributed by atoms with Gasteiger partial charge in [0.2, 0.25) is 0 Å². The SMILES string of the molecule is CC.CC.CC.CCCC(N=C1NC(=O)S/C1=C\C1CCN(Cc2ccc(C(C)(F)F)cc2C(C)(F)F)CC1)C(C)=O. The summed E-state index contributed by atoms with van der Waals surface area (Å²) in [6.45, 7) is 18.4. The average molecular weight is 618 g/mol. The number of nitrogens with zero attached hydrogens (tertiary/aromatic N) is 2. The number of benzene rings is 1. The zero-order valence-electron chi connectivity index (χ0n) is 27.0. The molecule has 1 N–H and O–H groups in total. The van der Waals surface area contributed by atoms with Gasteiger partial charge in [-0.2, -0.15) is 0 Å². The van der Waals surface area contributed by atoms with Crippen LogP contribution >= 0.6 is 11.8 Å². The number of likely N-dealkylation sites (tertiary alicyclic amines) is 1. The molecule has 5 nitrogen and oxygen atoms in total. The van der Waals surface area contributed by atoms with E-state index < -0.39 is 23.5 Å². The van der Waals surface area contributed by atoms with E-state index in [4.69, 9.17) is 0 Å². The number of carbonyl (C=O) groups is 2. The molecule has 0 radical (unpaired) electrons. The first-order chi connectivity index (χ1) is 19.8. The summed E-state index contributed by atoms with van der Waals surface area (Å²) in [5.74, 6) is -5.87. The molecular formula is C32H51F4N3O2S. The second-order valence-electron chi connectivity index (χ2n) is 9.70. The fraction of sp³-hybridized carbons (Fsp3) is 0.656. The number of halogens is 4. The average Bonchev–Trinajstić information content (AvgIpc) is 3.29. The van der Waals surface area contributed by atoms with Gasteiger partial charge in [-0.3, -0.25) is 19.5 Å². The number of aliphatic imine (C=N–C) groups is 1. The van der Waals surface area contributed by atoms with E-state index in [1.165, 1.54) is 19.1 Å². The molecule has 0 spiro atoms. The molecule has 0 aromatic heterocycles. The summed E-state index contributed by atoms with van der Waals surface area (Å²) in [7, 11) is 0. The van der Waals surface area contributed by atoms with Gasteiger partial charge in [-0.25, -0.2) is 17.6 Å². The molecule has 2 aliphatic rings. The lowest BCUT2D eigenvalue weighted by atomic mass is 9.93. The Morgan fingerprint density at radius 3 is 2.12 bits per heavy atom. The fourth-order valence-electron chi connectivity index (χ4n) is 4.46. The predicted octanol–water partition coefficient (Wildman–Crippen LogP) is 9.70. The molecule has 10 heteroatoms. The summed E-state index contributed by atoms with van der Waals surface area (Å²) in [4.78, 5) is 31.2. The molecule has 0 saturated carbocycles. The van der Waals surface area contributed by atoms with Gasteiger partial charge in [0.15, 0.2) is 5.78 Å². The first-order valence-corrected chi connectivity index (χ1v) is 16.0. The lowest BCUT2D eigenvalue weighted by Crippen LogP contribution is -2.33. The third-order valence-corrected chi connectivity index (χ3v) is 7.31. The minimum atomic E-state index is -3.23. The van der Waals surface area contributed by atoms with Crippen molar-refractivity contribution in [2.24, 2.45) is 10.9 Å². The molecule has 2 saturated heterocycles. The van der Waals surface area contributed by atoms with E-state index >= 15 is 0 Å². The Hall–Kier alpha value is -2.20. The Labute approximate surface area is 255 Å². The summed E-state index contributed by atoms with van der Waals surface area (Å²) in [6.07, 6.45) is 4.92. The van der Waals surface area contributed by atoms with E-state index in [0.29, 0.717) is 42.7 Å². The second-order valence-corrected chi connectivity index (χ2v) is 10.7. The molecule has 3 rings (SSSR count). The van der Waals surface area contributed by atoms with Gasteiger partial charge in [0.05, 0.1) is 4.91 Å². The monoisotopic (exact) mass is 617 g/mol. The van der Waals surface area contributed by atoms with Crippen LogP contribution in [0.4, 0.5) is 22.4 Å². The Balaban J connectivity index is 0.00000263. The quantitative estimate of drug-likeness (QED) is 0.280. The molecule has 1 aromatic rings. The minimum Gasteiger partial charge on any atom is -0.300 e. The Morgan fingerprint density at radius 2 is 1.64 bits per heavy atom. The predicted molar refractivity (Wildman–Crippen MR) is 169 cm³/mol. The Kier molecular flexibility index (Phi) is 18.2. The number of nitrogens with one attached hydrogen (secondary N) is 1. The first kappa shape index (κ1) is 39.8. The standard InChI is InChI=1S/C26H33F4N3O2S.3C2H6/c1-5-6-21(16(2)34)31-23-22(36-24(35)32-23)13-17-9-11-33(12-10-17)15-18-7-8-19(25(3,27)28)14-20(18)26(4,29)30;3*1-2/h7-8,13-14,17,21H,5-6,9-12,15H2,1-4H3,(H,31,32,35);3*1-2H3/b22-13-;;;. The highest BCUT2D eigenvalue weighted by atomic mass is 32.2. The van der Waals surface area contributed by atoms with Gasteiger partial charge in [-0.1, -0.05) is 73.1 Å². The summed E-state index contributed by atoms with van der Waals surface area (Å²) < 4.78 is 55.9. The van der Waals surface area contributed by atoms with Crippen molar-refractivity contribution >= 4 is 28.6 Å². The maximum absolute atomic E-state index is 14.2. The normalized spacial score (nSPS) is 18.7. The van der Waals surface area contributed by atoms with Crippen LogP contribution in [0.15, 0.2) is 34.2 Å². The molecule has 0 bridgehead atoms. The molecule has 1 atom stereocenters. The number of allylic oxidation sites excluding steroid dienone is 1. The van der Waals surface area contributed by atoms with Gasteiger partial charge in [0, 0.05) is 31.5 Å². The van der Waals surface area contributed by atoms with Crippen molar-refractivity contribution < 1.29 is 27.2 Å². The first-order valence-electron chi connectivity index (χ1n) is 15.2. The molecule has 240 valence electrons. The number of hydrogen-bond acceptors (Lipinski definition) is 5. The largest absolute Gasteiger partial charge is 0.300 e. The van der Waals surface area contributed by atoms with E-state index in [2.05, 4.69) is 10.3 Å². The summed E-state index contributed by atoms with van der Waals surface area (Å²) in [6, 6.07) is 3.03. The number of rotatable bonds is 9. The highest BCUT2D eigenvalue weighted by molar-refractivity contribution is 8.18. The number of carbonyl (C=O) groups excluding carboxylic acids is 2. The van der Waals surface area contributed by atoms with Gasteiger partial charge in [0.25, 0.3) is 17.1 Å². The maximum Gasteiger partial charge on any atom is 0.289 e. The van der Waals surface area contributed by atoms with Crippen LogP contribution in [0, 0.1) is 5.92 Å². The van der Waals surface area contributed by atoms with Gasteiger partial charge in [-0.05, 0) is 68.6 Å². The van der Waals surface area contributed by atoms with Crippen LogP contribution in [0.1, 0.15) is 112 Å². The second kappa shape index (κ2) is 19.2. The fourth-order valence-corrected chi connectivity index (χ4v) is 5.27. The Morgan fingerprint density at radius 1 is 1.07 bits per heavy atom. The zero-order valence-corrected chi connectivity index (χ0v) is 27.9. The number of amides is 1. The van der Waals surface area contributed by atoms with Crippen LogP contribution in [0.5, 0.6) is 0 Å². The summed E-state index contributed by atoms with van der Waals surface area (Å²) in [5, 5.41) is 2.50. The number of ketones is 1. The van der Waals surface area contributed by atoms with Crippen LogP contribution < -0.4 is 5.32 Å². The minimum absolute atomic E-state index is 0.0455. The third-order valence-electron chi connectivity index (χ3n) is 6.48. The van der Waals surface area contributed by atoms with E-state index in [1.54, 1.807) is 0 Å². The van der Waals surface area contributed by atoms with Crippen LogP contribution in [0.25, 0.3) is 0 Å². The number of Topliss-reactive ketones (excluding diaryl/α,β-unsaturated/α-hetero) is 1. The van der Waals surface area contributed by atoms with E-state index in [0.717, 1.165) is 44.0 Å². The third kappa shape index (κ3) is 12.6. The molecule has 1 aromatic carbocycles. The number of thioether (sulfide) groups is 1. The number of piperidine rings is 1. The van der Waals surface area contributed by atoms with E-state index in [9.17, 15) is 27.2 Å². The number of hydrogen-bond donors (Lipinski definition) is 1. The maximum atomic E-state index is 14.2. The molecule has 0 aliphatic carbocycles. The zero-order chi connectivity index (χ0) is 32.7. The van der Waals surface area contributed by atoms with Gasteiger partial charge in [0.1, 0.15) is 11.9 Å². The topological polar surface area (TPSA) is 61.8 Å². The van der Waals surface area contributed by atoms with Crippen LogP contribution in [0.3, 0.4) is 0 Å². The number of amidine groups is 1. The van der Waals surface area contributed by atoms with Crippen LogP contribution in [0.2, 0.25) is 0 Å². The van der Waals surface area contributed by atoms with Crippen molar-refractivity contribution in [3.63, 3.8) is 0 Å². The van der Waals surface area contributed by atoms with Crippen molar-refractivity contribution in [3.05, 3.63) is 45.9 Å². The number of alkyl halides is 4. The molecule has 2 aliphatic heterocycles. The van der Waals surface area contributed by atoms with Crippen LogP contribution in [-0.2, 0) is 23.2 Å². The van der Waals surface area contributed by atoms with Gasteiger partial charge >= 0.3 is 0 Å². The van der Waals surface area contributed by atoms with Gasteiger partial charge < -0.3 is 5.32 Å². The molecule has 2 fully saturated rings. The lowest BCUT2D eigenvalue weighted by Gasteiger charge is -2.32. The molecule has 1 unspecified atom stereocenters. The van der Waals surface area contributed by atoms with Crippen LogP contribution in [-0.4, -0.2) is 40.9 Å². The summed E-state index contributed by atoms with van der Waals surface area (Å²) >= 11 is 1.06. The van der Waals surface area contributed by atoms with E-state index in [1.807, 2.05) is 59.4 Å². The molecule has 42 heavy (non-hydrogen) atoms. The van der Waals surface area contributed by atoms with Crippen molar-refractivity contribution in [3.8, 4) is 0 Å². The van der Waals surface area contributed by atoms with Crippen molar-refractivity contribution in [1.82, 2.24) is 10.2 Å². The molecular weight excluding hydrogens is 566 g/mol. The van der Waals surface area contributed by atoms with Crippen molar-refractivity contribution in [2.45, 2.75) is 119 Å². The molecule has 2 heterocycles. The smallest absolute Gasteiger partial charge is 0.289 e. The van der Waals surface area contributed by atoms with Crippen molar-refractivity contribution in [2.75, 3.05) is 13.1 Å².